The highest BCUT2D eigenvalue weighted by Gasteiger charge is 2.57. The molecule has 24 heavy (non-hydrogen) atoms. The monoisotopic (exact) mass is 320 g/mol. The molecule has 2 nitrogen and oxygen atoms in total. The van der Waals surface area contributed by atoms with Crippen molar-refractivity contribution in [2.24, 2.45) is 16.7 Å². The summed E-state index contributed by atoms with van der Waals surface area (Å²) in [5, 5.41) is 0. The highest BCUT2D eigenvalue weighted by atomic mass is 16.1. The Balaban J connectivity index is 1.93. The highest BCUT2D eigenvalue weighted by Crippen LogP contribution is 2.58. The van der Waals surface area contributed by atoms with Crippen molar-refractivity contribution in [3.8, 4) is 0 Å². The number of Topliss-reactive ketones (excluding diaryl/α,β-unsaturated/α-hetero) is 2. The van der Waals surface area contributed by atoms with Crippen molar-refractivity contribution in [3.05, 3.63) is 71.8 Å². The number of carbonyl (C=O) groups excluding carboxylic acids is 2. The maximum absolute atomic E-state index is 13.2. The molecule has 1 aliphatic rings. The summed E-state index contributed by atoms with van der Waals surface area (Å²) in [4.78, 5) is 26.2. The Bertz CT molecular complexity index is 746. The van der Waals surface area contributed by atoms with E-state index in [0.29, 0.717) is 0 Å². The van der Waals surface area contributed by atoms with Crippen molar-refractivity contribution in [2.45, 2.75) is 33.6 Å². The molecule has 2 atom stereocenters. The zero-order chi connectivity index (χ0) is 17.4. The largest absolute Gasteiger partial charge is 0.294 e. The summed E-state index contributed by atoms with van der Waals surface area (Å²) in [6, 6.07) is 18.9. The Morgan fingerprint density at radius 3 is 1.88 bits per heavy atom. The molecule has 2 aromatic carbocycles. The fourth-order valence-corrected chi connectivity index (χ4v) is 4.08. The molecule has 0 N–H and O–H groups in total. The molecule has 0 aromatic heterocycles. The minimum Gasteiger partial charge on any atom is -0.294 e. The van der Waals surface area contributed by atoms with Crippen LogP contribution in [0.25, 0.3) is 0 Å². The molecule has 1 fully saturated rings. The zero-order valence-corrected chi connectivity index (χ0v) is 14.6. The Morgan fingerprint density at radius 2 is 1.33 bits per heavy atom. The molecule has 0 radical (unpaired) electrons. The van der Waals surface area contributed by atoms with Gasteiger partial charge in [-0.05, 0) is 18.3 Å². The van der Waals surface area contributed by atoms with Crippen molar-refractivity contribution in [2.75, 3.05) is 0 Å². The fourth-order valence-electron chi connectivity index (χ4n) is 4.08. The summed E-state index contributed by atoms with van der Waals surface area (Å²) in [6.45, 7) is 6.18. The fraction of sp³-hybridized carbons (Fsp3) is 0.364. The van der Waals surface area contributed by atoms with Gasteiger partial charge >= 0.3 is 0 Å². The molecule has 1 saturated carbocycles. The van der Waals surface area contributed by atoms with E-state index in [2.05, 4.69) is 13.8 Å². The summed E-state index contributed by atoms with van der Waals surface area (Å²) < 4.78 is 0. The molecule has 3 rings (SSSR count). The molecule has 124 valence electrons. The Labute approximate surface area is 143 Å². The van der Waals surface area contributed by atoms with Crippen LogP contribution in [0, 0.1) is 16.7 Å². The lowest BCUT2D eigenvalue weighted by molar-refractivity contribution is 0.0493. The van der Waals surface area contributed by atoms with Gasteiger partial charge in [0, 0.05) is 22.5 Å². The minimum absolute atomic E-state index is 0.127. The first kappa shape index (κ1) is 16.6. The van der Waals surface area contributed by atoms with Gasteiger partial charge < -0.3 is 0 Å². The van der Waals surface area contributed by atoms with Crippen LogP contribution in [0.3, 0.4) is 0 Å². The number of hydrogen-bond donors (Lipinski definition) is 0. The van der Waals surface area contributed by atoms with E-state index in [4.69, 9.17) is 0 Å². The van der Waals surface area contributed by atoms with Crippen LogP contribution >= 0.6 is 0 Å². The van der Waals surface area contributed by atoms with E-state index in [1.165, 1.54) is 0 Å². The summed E-state index contributed by atoms with van der Waals surface area (Å²) in [7, 11) is 0. The second-order valence-electron chi connectivity index (χ2n) is 7.57. The van der Waals surface area contributed by atoms with Crippen LogP contribution < -0.4 is 0 Å². The second-order valence-corrected chi connectivity index (χ2v) is 7.57. The van der Waals surface area contributed by atoms with Crippen molar-refractivity contribution >= 4 is 11.6 Å². The number of ketones is 2. The molecule has 2 aromatic rings. The molecule has 0 unspecified atom stereocenters. The van der Waals surface area contributed by atoms with E-state index in [9.17, 15) is 9.59 Å². The topological polar surface area (TPSA) is 34.1 Å². The first-order chi connectivity index (χ1) is 11.4. The van der Waals surface area contributed by atoms with Crippen molar-refractivity contribution in [3.63, 3.8) is 0 Å². The second kappa shape index (κ2) is 6.01. The lowest BCUT2D eigenvalue weighted by Gasteiger charge is -2.40. The highest BCUT2D eigenvalue weighted by molar-refractivity contribution is 6.03. The maximum atomic E-state index is 13.2. The van der Waals surface area contributed by atoms with E-state index in [1.54, 1.807) is 0 Å². The van der Waals surface area contributed by atoms with Gasteiger partial charge in [0.2, 0.25) is 0 Å². The van der Waals surface area contributed by atoms with Gasteiger partial charge in [-0.3, -0.25) is 9.59 Å². The first-order valence-electron chi connectivity index (χ1n) is 8.57. The van der Waals surface area contributed by atoms with Crippen LogP contribution in [-0.4, -0.2) is 11.6 Å². The van der Waals surface area contributed by atoms with Crippen molar-refractivity contribution < 1.29 is 9.59 Å². The van der Waals surface area contributed by atoms with Crippen LogP contribution in [0.2, 0.25) is 0 Å². The molecule has 0 amide bonds. The molecule has 0 aliphatic heterocycles. The van der Waals surface area contributed by atoms with Crippen LogP contribution in [0.15, 0.2) is 60.7 Å². The quantitative estimate of drug-likeness (QED) is 0.726. The molecular formula is C22H24O2. The lowest BCUT2D eigenvalue weighted by atomic mass is 9.61. The number of benzene rings is 2. The smallest absolute Gasteiger partial charge is 0.169 e. The van der Waals surface area contributed by atoms with Gasteiger partial charge in [0.1, 0.15) is 0 Å². The van der Waals surface area contributed by atoms with E-state index in [-0.39, 0.29) is 22.9 Å². The van der Waals surface area contributed by atoms with E-state index in [0.717, 1.165) is 24.0 Å². The van der Waals surface area contributed by atoms with E-state index in [1.807, 2.05) is 67.6 Å². The average molecular weight is 320 g/mol. The van der Waals surface area contributed by atoms with Gasteiger partial charge in [0.15, 0.2) is 11.6 Å². The molecule has 2 heteroatoms. The van der Waals surface area contributed by atoms with Crippen molar-refractivity contribution in [1.29, 1.82) is 0 Å². The lowest BCUT2D eigenvalue weighted by Crippen LogP contribution is -2.42. The van der Waals surface area contributed by atoms with Gasteiger partial charge in [-0.2, -0.15) is 0 Å². The van der Waals surface area contributed by atoms with Crippen LogP contribution in [0.5, 0.6) is 0 Å². The van der Waals surface area contributed by atoms with E-state index >= 15 is 0 Å². The van der Waals surface area contributed by atoms with Gasteiger partial charge in [-0.15, -0.1) is 0 Å². The molecule has 0 heterocycles. The number of carbonyl (C=O) groups is 2. The number of hydrogen-bond acceptors (Lipinski definition) is 2. The zero-order valence-electron chi connectivity index (χ0n) is 14.6. The van der Waals surface area contributed by atoms with Gasteiger partial charge in [-0.1, -0.05) is 81.4 Å². The summed E-state index contributed by atoms with van der Waals surface area (Å²) in [5.41, 5.74) is 0.573. The predicted molar refractivity (Wildman–Crippen MR) is 96.2 cm³/mol. The molecular weight excluding hydrogens is 296 g/mol. The molecule has 0 saturated heterocycles. The van der Waals surface area contributed by atoms with Crippen molar-refractivity contribution in [1.82, 2.24) is 0 Å². The SMILES string of the molecule is CC1(C)[C@@H](C(=O)c2ccccc2)CC[C@]1(C)C(=O)c1ccccc1. The Hall–Kier alpha value is -2.22. The maximum Gasteiger partial charge on any atom is 0.169 e. The molecule has 0 bridgehead atoms. The predicted octanol–water partition coefficient (Wildman–Crippen LogP) is 5.19. The summed E-state index contributed by atoms with van der Waals surface area (Å²) >= 11 is 0. The van der Waals surface area contributed by atoms with Crippen LogP contribution in [0.4, 0.5) is 0 Å². The van der Waals surface area contributed by atoms with Gasteiger partial charge in [0.05, 0.1) is 0 Å². The first-order valence-corrected chi connectivity index (χ1v) is 8.57. The Morgan fingerprint density at radius 1 is 0.833 bits per heavy atom. The van der Waals surface area contributed by atoms with Crippen LogP contribution in [-0.2, 0) is 0 Å². The normalized spacial score (nSPS) is 25.4. The van der Waals surface area contributed by atoms with Gasteiger partial charge in [-0.25, -0.2) is 0 Å². The summed E-state index contributed by atoms with van der Waals surface area (Å²) in [6.07, 6.45) is 1.51. The standard InChI is InChI=1S/C22H24O2/c1-21(2)18(19(23)16-10-6-4-7-11-16)14-15-22(21,3)20(24)17-12-8-5-9-13-17/h4-13,18H,14-15H2,1-3H3/t18-,22-/m1/s1. The average Bonchev–Trinajstić information content (AvgIpc) is 2.86. The Kier molecular flexibility index (Phi) is 4.16. The third-order valence-electron chi connectivity index (χ3n) is 6.14. The van der Waals surface area contributed by atoms with Crippen LogP contribution in [0.1, 0.15) is 54.3 Å². The third-order valence-corrected chi connectivity index (χ3v) is 6.14. The molecule has 0 spiro atoms. The third kappa shape index (κ3) is 2.50. The number of rotatable bonds is 4. The summed E-state index contributed by atoms with van der Waals surface area (Å²) in [5.74, 6) is 0.180. The minimum atomic E-state index is -0.524. The molecule has 1 aliphatic carbocycles. The van der Waals surface area contributed by atoms with E-state index < -0.39 is 5.41 Å². The van der Waals surface area contributed by atoms with Gasteiger partial charge in [0.25, 0.3) is 0 Å².